The van der Waals surface area contributed by atoms with Crippen LogP contribution in [0.5, 0.6) is 0 Å². The molecule has 2 N–H and O–H groups in total. The van der Waals surface area contributed by atoms with Gasteiger partial charge in [0.25, 0.3) is 5.91 Å². The molecule has 0 radical (unpaired) electrons. The van der Waals surface area contributed by atoms with Gasteiger partial charge >= 0.3 is 0 Å². The quantitative estimate of drug-likeness (QED) is 0.546. The highest BCUT2D eigenvalue weighted by Gasteiger charge is 2.13. The summed E-state index contributed by atoms with van der Waals surface area (Å²) in [6.07, 6.45) is 6.12. The lowest BCUT2D eigenvalue weighted by Crippen LogP contribution is -2.25. The van der Waals surface area contributed by atoms with Crippen LogP contribution in [0.1, 0.15) is 21.8 Å². The van der Waals surface area contributed by atoms with E-state index in [9.17, 15) is 4.79 Å². The van der Waals surface area contributed by atoms with Crippen molar-refractivity contribution in [3.8, 4) is 0 Å². The maximum atomic E-state index is 12.2. The molecule has 0 bridgehead atoms. The van der Waals surface area contributed by atoms with Crippen molar-refractivity contribution in [1.29, 1.82) is 0 Å². The number of nitrogens with one attached hydrogen (secondary N) is 2. The predicted molar refractivity (Wildman–Crippen MR) is 97.2 cm³/mol. The van der Waals surface area contributed by atoms with Gasteiger partial charge in [-0.3, -0.25) is 9.48 Å². The highest BCUT2D eigenvalue weighted by Crippen LogP contribution is 2.22. The third-order valence-corrected chi connectivity index (χ3v) is 4.31. The van der Waals surface area contributed by atoms with E-state index in [4.69, 9.17) is 16.1 Å². The second kappa shape index (κ2) is 7.05. The zero-order valence-corrected chi connectivity index (χ0v) is 14.5. The number of rotatable bonds is 6. The van der Waals surface area contributed by atoms with E-state index >= 15 is 0 Å². The maximum absolute atomic E-state index is 12.2. The normalized spacial score (nSPS) is 11.1. The van der Waals surface area contributed by atoms with Crippen molar-refractivity contribution in [3.05, 3.63) is 71.0 Å². The SMILES string of the molecule is O=C(NCCc1c[nH]c2ccc(Cl)cc12)c1cc(Cn2cccn2)on1. The van der Waals surface area contributed by atoms with Gasteiger partial charge in [-0.15, -0.1) is 0 Å². The van der Waals surface area contributed by atoms with Crippen LogP contribution in [0.3, 0.4) is 0 Å². The highest BCUT2D eigenvalue weighted by atomic mass is 35.5. The summed E-state index contributed by atoms with van der Waals surface area (Å²) in [5.41, 5.74) is 2.38. The zero-order chi connectivity index (χ0) is 17.9. The fraction of sp³-hybridized carbons (Fsp3) is 0.167. The molecule has 0 aliphatic rings. The summed E-state index contributed by atoms with van der Waals surface area (Å²) in [5, 5.41) is 12.5. The molecule has 0 saturated heterocycles. The van der Waals surface area contributed by atoms with Gasteiger partial charge in [-0.05, 0) is 36.2 Å². The number of aromatic nitrogens is 4. The molecule has 0 atom stereocenters. The minimum atomic E-state index is -0.265. The summed E-state index contributed by atoms with van der Waals surface area (Å²) in [5.74, 6) is 0.309. The molecule has 0 fully saturated rings. The van der Waals surface area contributed by atoms with Crippen LogP contribution in [0.4, 0.5) is 0 Å². The van der Waals surface area contributed by atoms with E-state index in [0.717, 1.165) is 16.5 Å². The Morgan fingerprint density at radius 1 is 1.35 bits per heavy atom. The molecule has 0 aliphatic heterocycles. The van der Waals surface area contributed by atoms with Gasteiger partial charge in [0.05, 0.1) is 0 Å². The van der Waals surface area contributed by atoms with Gasteiger partial charge < -0.3 is 14.8 Å². The molecule has 0 saturated carbocycles. The van der Waals surface area contributed by atoms with Crippen LogP contribution in [0.2, 0.25) is 5.02 Å². The summed E-state index contributed by atoms with van der Waals surface area (Å²) in [7, 11) is 0. The average molecular weight is 370 g/mol. The third kappa shape index (κ3) is 3.48. The number of H-pyrrole nitrogens is 1. The molecule has 0 aliphatic carbocycles. The van der Waals surface area contributed by atoms with Gasteiger partial charge in [-0.25, -0.2) is 0 Å². The molecule has 3 aromatic heterocycles. The van der Waals surface area contributed by atoms with E-state index in [1.165, 1.54) is 0 Å². The summed E-state index contributed by atoms with van der Waals surface area (Å²) < 4.78 is 6.89. The van der Waals surface area contributed by atoms with Crippen molar-refractivity contribution in [1.82, 2.24) is 25.2 Å². The average Bonchev–Trinajstić information content (AvgIpc) is 3.37. The Bertz CT molecular complexity index is 1040. The van der Waals surface area contributed by atoms with E-state index in [1.54, 1.807) is 16.9 Å². The number of aromatic amines is 1. The number of amides is 1. The number of nitrogens with zero attached hydrogens (tertiary/aromatic N) is 3. The molecular weight excluding hydrogens is 354 g/mol. The first-order chi connectivity index (χ1) is 12.7. The van der Waals surface area contributed by atoms with Crippen LogP contribution >= 0.6 is 11.6 Å². The van der Waals surface area contributed by atoms with Gasteiger partial charge in [0.15, 0.2) is 11.5 Å². The molecule has 0 spiro atoms. The zero-order valence-electron chi connectivity index (χ0n) is 13.8. The molecule has 7 nitrogen and oxygen atoms in total. The number of carbonyl (C=O) groups is 1. The lowest BCUT2D eigenvalue weighted by molar-refractivity contribution is 0.0945. The molecule has 1 amide bonds. The number of fused-ring (bicyclic) bond motifs is 1. The molecule has 8 heteroatoms. The third-order valence-electron chi connectivity index (χ3n) is 4.08. The Kier molecular flexibility index (Phi) is 4.45. The number of hydrogen-bond donors (Lipinski definition) is 2. The molecule has 1 aromatic carbocycles. The van der Waals surface area contributed by atoms with Gasteiger partial charge in [0.1, 0.15) is 6.54 Å². The highest BCUT2D eigenvalue weighted by molar-refractivity contribution is 6.31. The summed E-state index contributed by atoms with van der Waals surface area (Å²) in [4.78, 5) is 15.4. The maximum Gasteiger partial charge on any atom is 0.273 e. The second-order valence-electron chi connectivity index (χ2n) is 5.89. The van der Waals surface area contributed by atoms with Crippen LogP contribution in [-0.2, 0) is 13.0 Å². The topological polar surface area (TPSA) is 88.7 Å². The molecule has 0 unspecified atom stereocenters. The van der Waals surface area contributed by atoms with Gasteiger partial charge in [-0.2, -0.15) is 5.10 Å². The van der Waals surface area contributed by atoms with Crippen molar-refractivity contribution >= 4 is 28.4 Å². The fourth-order valence-electron chi connectivity index (χ4n) is 2.81. The summed E-state index contributed by atoms with van der Waals surface area (Å²) in [6.45, 7) is 0.920. The second-order valence-corrected chi connectivity index (χ2v) is 6.33. The minimum Gasteiger partial charge on any atom is -0.361 e. The Morgan fingerprint density at radius 2 is 2.27 bits per heavy atom. The number of carbonyl (C=O) groups excluding carboxylic acids is 1. The molecule has 4 rings (SSSR count). The number of hydrogen-bond acceptors (Lipinski definition) is 4. The number of halogens is 1. The standard InChI is InChI=1S/C18H16ClN5O2/c19-13-2-3-16-15(8-13)12(10-21-16)4-6-20-18(25)17-9-14(26-23-17)11-24-7-1-5-22-24/h1-3,5,7-10,21H,4,6,11H2,(H,20,25). The van der Waals surface area contributed by atoms with E-state index < -0.39 is 0 Å². The van der Waals surface area contributed by atoms with Gasteiger partial charge in [0, 0.05) is 47.1 Å². The van der Waals surface area contributed by atoms with E-state index in [-0.39, 0.29) is 11.6 Å². The fourth-order valence-corrected chi connectivity index (χ4v) is 2.98. The van der Waals surface area contributed by atoms with Crippen molar-refractivity contribution in [2.75, 3.05) is 6.54 Å². The van der Waals surface area contributed by atoms with Crippen LogP contribution in [0.25, 0.3) is 10.9 Å². The van der Waals surface area contributed by atoms with E-state index in [0.29, 0.717) is 30.3 Å². The smallest absolute Gasteiger partial charge is 0.273 e. The first-order valence-corrected chi connectivity index (χ1v) is 8.53. The molecule has 3 heterocycles. The van der Waals surface area contributed by atoms with Gasteiger partial charge in [0.2, 0.25) is 0 Å². The summed E-state index contributed by atoms with van der Waals surface area (Å²) >= 11 is 6.06. The molecule has 26 heavy (non-hydrogen) atoms. The molecule has 132 valence electrons. The minimum absolute atomic E-state index is 0.258. The summed E-state index contributed by atoms with van der Waals surface area (Å²) in [6, 6.07) is 9.15. The Morgan fingerprint density at radius 3 is 3.12 bits per heavy atom. The van der Waals surface area contributed by atoms with Crippen molar-refractivity contribution < 1.29 is 9.32 Å². The molecular formula is C18H16ClN5O2. The van der Waals surface area contributed by atoms with E-state index in [2.05, 4.69) is 20.6 Å². The van der Waals surface area contributed by atoms with Crippen LogP contribution in [0.15, 0.2) is 53.4 Å². The van der Waals surface area contributed by atoms with Crippen molar-refractivity contribution in [3.63, 3.8) is 0 Å². The lowest BCUT2D eigenvalue weighted by atomic mass is 10.1. The van der Waals surface area contributed by atoms with Crippen LogP contribution < -0.4 is 5.32 Å². The number of benzene rings is 1. The Labute approximate surface area is 153 Å². The Hall–Kier alpha value is -3.06. The largest absolute Gasteiger partial charge is 0.361 e. The van der Waals surface area contributed by atoms with Crippen molar-refractivity contribution in [2.24, 2.45) is 0 Å². The van der Waals surface area contributed by atoms with E-state index in [1.807, 2.05) is 36.7 Å². The van der Waals surface area contributed by atoms with Crippen LogP contribution in [0, 0.1) is 0 Å². The van der Waals surface area contributed by atoms with Crippen LogP contribution in [-0.4, -0.2) is 32.4 Å². The lowest BCUT2D eigenvalue weighted by Gasteiger charge is -2.02. The van der Waals surface area contributed by atoms with Gasteiger partial charge in [-0.1, -0.05) is 16.8 Å². The monoisotopic (exact) mass is 369 g/mol. The van der Waals surface area contributed by atoms with Crippen molar-refractivity contribution in [2.45, 2.75) is 13.0 Å². The predicted octanol–water partition coefficient (Wildman–Crippen LogP) is 3.03. The first-order valence-electron chi connectivity index (χ1n) is 8.16. The molecule has 4 aromatic rings. The Balaban J connectivity index is 1.35. The first kappa shape index (κ1) is 16.4.